The molecule has 0 unspecified atom stereocenters. The molecule has 1 aromatic heterocycles. The maximum Gasteiger partial charge on any atom is 0.308 e. The molecule has 0 atom stereocenters. The van der Waals surface area contributed by atoms with Gasteiger partial charge in [-0.25, -0.2) is 9.37 Å². The highest BCUT2D eigenvalue weighted by molar-refractivity contribution is 7.13. The molecule has 3 nitrogen and oxygen atoms in total. The van der Waals surface area contributed by atoms with E-state index >= 15 is 0 Å². The Hall–Kier alpha value is -2.79. The molecular formula is C19H14FNO2S. The number of carboxylic acids is 1. The zero-order valence-electron chi connectivity index (χ0n) is 12.6. The van der Waals surface area contributed by atoms with Crippen LogP contribution in [0.1, 0.15) is 15.4 Å². The van der Waals surface area contributed by atoms with Crippen molar-refractivity contribution in [2.24, 2.45) is 0 Å². The van der Waals surface area contributed by atoms with E-state index in [1.54, 1.807) is 30.4 Å². The zero-order chi connectivity index (χ0) is 16.9. The van der Waals surface area contributed by atoms with Crippen molar-refractivity contribution in [3.8, 4) is 11.3 Å². The SMILES string of the molecule is O=C(O)Cc1sc(/C=C/c2ccccc2F)nc1-c1ccccc1. The van der Waals surface area contributed by atoms with Gasteiger partial charge in [-0.15, -0.1) is 11.3 Å². The van der Waals surface area contributed by atoms with Crippen LogP contribution in [0.3, 0.4) is 0 Å². The maximum absolute atomic E-state index is 13.7. The summed E-state index contributed by atoms with van der Waals surface area (Å²) in [5, 5.41) is 9.75. The number of aromatic nitrogens is 1. The number of benzene rings is 2. The van der Waals surface area contributed by atoms with Crippen molar-refractivity contribution in [1.29, 1.82) is 0 Å². The summed E-state index contributed by atoms with van der Waals surface area (Å²) in [7, 11) is 0. The first-order chi connectivity index (χ1) is 11.6. The van der Waals surface area contributed by atoms with Crippen LogP contribution >= 0.6 is 11.3 Å². The average Bonchev–Trinajstić information content (AvgIpc) is 2.97. The lowest BCUT2D eigenvalue weighted by molar-refractivity contribution is -0.136. The van der Waals surface area contributed by atoms with E-state index in [1.165, 1.54) is 17.4 Å². The second-order valence-corrected chi connectivity index (χ2v) is 6.23. The summed E-state index contributed by atoms with van der Waals surface area (Å²) in [5.41, 5.74) is 2.00. The van der Waals surface area contributed by atoms with Gasteiger partial charge < -0.3 is 5.11 Å². The van der Waals surface area contributed by atoms with Crippen molar-refractivity contribution in [1.82, 2.24) is 4.98 Å². The van der Waals surface area contributed by atoms with Crippen LogP contribution in [0.4, 0.5) is 4.39 Å². The Morgan fingerprint density at radius 3 is 2.50 bits per heavy atom. The van der Waals surface area contributed by atoms with E-state index in [0.29, 0.717) is 21.1 Å². The first-order valence-electron chi connectivity index (χ1n) is 7.33. The maximum atomic E-state index is 13.7. The monoisotopic (exact) mass is 339 g/mol. The summed E-state index contributed by atoms with van der Waals surface area (Å²) in [6, 6.07) is 15.9. The number of carboxylic acid groups (broad SMARTS) is 1. The third-order valence-electron chi connectivity index (χ3n) is 3.38. The number of thiazole rings is 1. The van der Waals surface area contributed by atoms with Gasteiger partial charge in [0, 0.05) is 16.0 Å². The summed E-state index contributed by atoms with van der Waals surface area (Å²) in [4.78, 5) is 16.3. The van der Waals surface area contributed by atoms with Gasteiger partial charge >= 0.3 is 5.97 Å². The summed E-state index contributed by atoms with van der Waals surface area (Å²) in [6.07, 6.45) is 3.27. The number of hydrogen-bond acceptors (Lipinski definition) is 3. The van der Waals surface area contributed by atoms with E-state index in [9.17, 15) is 9.18 Å². The highest BCUT2D eigenvalue weighted by Crippen LogP contribution is 2.30. The van der Waals surface area contributed by atoms with Gasteiger partial charge in [-0.1, -0.05) is 48.5 Å². The lowest BCUT2D eigenvalue weighted by atomic mass is 10.1. The lowest BCUT2D eigenvalue weighted by Gasteiger charge is -1.99. The molecule has 24 heavy (non-hydrogen) atoms. The average molecular weight is 339 g/mol. The molecule has 3 rings (SSSR count). The molecule has 0 radical (unpaired) electrons. The first kappa shape index (κ1) is 16.1. The Morgan fingerprint density at radius 2 is 1.79 bits per heavy atom. The Balaban J connectivity index is 1.96. The Morgan fingerprint density at radius 1 is 1.08 bits per heavy atom. The summed E-state index contributed by atoms with van der Waals surface area (Å²) in [6.45, 7) is 0. The fraction of sp³-hybridized carbons (Fsp3) is 0.0526. The van der Waals surface area contributed by atoms with Crippen LogP contribution in [0.5, 0.6) is 0 Å². The van der Waals surface area contributed by atoms with Gasteiger partial charge in [0.2, 0.25) is 0 Å². The molecule has 3 aromatic rings. The normalized spacial score (nSPS) is 11.0. The topological polar surface area (TPSA) is 50.2 Å². The van der Waals surface area contributed by atoms with Crippen LogP contribution < -0.4 is 0 Å². The Kier molecular flexibility index (Phi) is 4.82. The molecule has 1 N–H and O–H groups in total. The quantitative estimate of drug-likeness (QED) is 0.730. The molecule has 0 saturated carbocycles. The van der Waals surface area contributed by atoms with E-state index in [1.807, 2.05) is 30.3 Å². The third-order valence-corrected chi connectivity index (χ3v) is 4.40. The Bertz CT molecular complexity index is 887. The highest BCUT2D eigenvalue weighted by atomic mass is 32.1. The first-order valence-corrected chi connectivity index (χ1v) is 8.14. The van der Waals surface area contributed by atoms with Crippen molar-refractivity contribution >= 4 is 29.5 Å². The number of nitrogens with zero attached hydrogens (tertiary/aromatic N) is 1. The zero-order valence-corrected chi connectivity index (χ0v) is 13.5. The second-order valence-electron chi connectivity index (χ2n) is 5.12. The molecule has 120 valence electrons. The minimum absolute atomic E-state index is 0.0879. The molecule has 1 heterocycles. The van der Waals surface area contributed by atoms with Gasteiger partial charge in [0.15, 0.2) is 0 Å². The molecule has 2 aromatic carbocycles. The molecule has 0 fully saturated rings. The smallest absolute Gasteiger partial charge is 0.308 e. The van der Waals surface area contributed by atoms with E-state index in [0.717, 1.165) is 5.56 Å². The Labute approximate surface area is 142 Å². The number of rotatable bonds is 5. The van der Waals surface area contributed by atoms with E-state index in [4.69, 9.17) is 5.11 Å². The second kappa shape index (κ2) is 7.19. The van der Waals surface area contributed by atoms with Crippen molar-refractivity contribution in [2.45, 2.75) is 6.42 Å². The summed E-state index contributed by atoms with van der Waals surface area (Å²) in [5.74, 6) is -1.21. The molecular weight excluding hydrogens is 325 g/mol. The van der Waals surface area contributed by atoms with Gasteiger partial charge in [-0.2, -0.15) is 0 Å². The number of hydrogen-bond donors (Lipinski definition) is 1. The largest absolute Gasteiger partial charge is 0.481 e. The van der Waals surface area contributed by atoms with E-state index in [-0.39, 0.29) is 12.2 Å². The highest BCUT2D eigenvalue weighted by Gasteiger charge is 2.14. The fourth-order valence-electron chi connectivity index (χ4n) is 2.29. The lowest BCUT2D eigenvalue weighted by Crippen LogP contribution is -1.99. The van der Waals surface area contributed by atoms with Gasteiger partial charge in [0.1, 0.15) is 10.8 Å². The van der Waals surface area contributed by atoms with E-state index < -0.39 is 5.97 Å². The molecule has 0 saturated heterocycles. The number of carbonyl (C=O) groups is 1. The van der Waals surface area contributed by atoms with Gasteiger partial charge in [-0.3, -0.25) is 4.79 Å². The van der Waals surface area contributed by atoms with Gasteiger partial charge in [0.05, 0.1) is 12.1 Å². The molecule has 0 aliphatic rings. The summed E-state index contributed by atoms with van der Waals surface area (Å²) < 4.78 is 13.7. The summed E-state index contributed by atoms with van der Waals surface area (Å²) >= 11 is 1.31. The number of aliphatic carboxylic acids is 1. The molecule has 5 heteroatoms. The predicted molar refractivity (Wildman–Crippen MR) is 94.2 cm³/mol. The van der Waals surface area contributed by atoms with Crippen molar-refractivity contribution in [2.75, 3.05) is 0 Å². The molecule has 0 spiro atoms. The molecule has 0 aliphatic carbocycles. The van der Waals surface area contributed by atoms with Crippen LogP contribution in [0.15, 0.2) is 54.6 Å². The van der Waals surface area contributed by atoms with Crippen molar-refractivity contribution < 1.29 is 14.3 Å². The predicted octanol–water partition coefficient (Wildman–Crippen LogP) is 4.75. The van der Waals surface area contributed by atoms with Gasteiger partial charge in [-0.05, 0) is 18.2 Å². The van der Waals surface area contributed by atoms with Crippen LogP contribution in [-0.4, -0.2) is 16.1 Å². The van der Waals surface area contributed by atoms with Crippen LogP contribution in [0.2, 0.25) is 0 Å². The minimum Gasteiger partial charge on any atom is -0.481 e. The fourth-order valence-corrected chi connectivity index (χ4v) is 3.27. The number of halogens is 1. The van der Waals surface area contributed by atoms with Crippen LogP contribution in [0, 0.1) is 5.82 Å². The van der Waals surface area contributed by atoms with Crippen LogP contribution in [0.25, 0.3) is 23.4 Å². The standard InChI is InChI=1S/C19H14FNO2S/c20-15-9-5-4-6-13(15)10-11-17-21-19(14-7-2-1-3-8-14)16(24-17)12-18(22)23/h1-11H,12H2,(H,22,23)/b11-10+. The van der Waals surface area contributed by atoms with Crippen molar-refractivity contribution in [3.63, 3.8) is 0 Å². The molecule has 0 amide bonds. The van der Waals surface area contributed by atoms with E-state index in [2.05, 4.69) is 4.98 Å². The third kappa shape index (κ3) is 3.75. The van der Waals surface area contributed by atoms with Crippen molar-refractivity contribution in [3.05, 3.63) is 75.9 Å². The van der Waals surface area contributed by atoms with Crippen LogP contribution in [-0.2, 0) is 11.2 Å². The minimum atomic E-state index is -0.902. The molecule has 0 bridgehead atoms. The van der Waals surface area contributed by atoms with Gasteiger partial charge in [0.25, 0.3) is 0 Å². The molecule has 0 aliphatic heterocycles.